The van der Waals surface area contributed by atoms with Crippen LogP contribution in [-0.2, 0) is 42.4 Å². The number of amides is 1. The lowest BCUT2D eigenvalue weighted by molar-refractivity contribution is -0.146. The number of aromatic amines is 1. The first-order valence-corrected chi connectivity index (χ1v) is 14.2. The SMILES string of the molecule is CCc1c(-c2cc(Nc3cc(C)[nH]n3)c(=O)n(C)c2)ccnc1N1C(=O)c2cc3c(n2CC1OC(C)=O)CC(C)(C)C3. The summed E-state index contributed by atoms with van der Waals surface area (Å²) in [5.41, 5.74) is 6.42. The molecule has 5 heterocycles. The van der Waals surface area contributed by atoms with Crippen LogP contribution in [0.5, 0.6) is 0 Å². The summed E-state index contributed by atoms with van der Waals surface area (Å²) in [6.07, 6.45) is 4.86. The number of esters is 1. The van der Waals surface area contributed by atoms with Crippen molar-refractivity contribution in [3.8, 4) is 11.1 Å². The molecule has 0 bridgehead atoms. The highest BCUT2D eigenvalue weighted by Crippen LogP contribution is 2.41. The highest BCUT2D eigenvalue weighted by Gasteiger charge is 2.42. The summed E-state index contributed by atoms with van der Waals surface area (Å²) >= 11 is 0. The molecule has 1 aliphatic heterocycles. The highest BCUT2D eigenvalue weighted by atomic mass is 16.6. The van der Waals surface area contributed by atoms with Gasteiger partial charge >= 0.3 is 5.97 Å². The van der Waals surface area contributed by atoms with Crippen LogP contribution < -0.4 is 15.8 Å². The second-order valence-electron chi connectivity index (χ2n) is 12.0. The molecule has 218 valence electrons. The highest BCUT2D eigenvalue weighted by molar-refractivity contribution is 6.07. The van der Waals surface area contributed by atoms with E-state index in [1.54, 1.807) is 25.5 Å². The second-order valence-corrected chi connectivity index (χ2v) is 12.0. The van der Waals surface area contributed by atoms with Gasteiger partial charge in [-0.25, -0.2) is 4.98 Å². The standard InChI is InChI=1S/C31H35N7O4/c1-7-21-22(20-11-23(29(40)36(6)15-20)33-26-10-17(2)34-35-26)8-9-32-28(21)38-27(42-18(3)39)16-37-24(30(38)41)12-19-13-31(4,5)14-25(19)37/h8-12,15,27H,7,13-14,16H2,1-6H3,(H2,33,34,35). The van der Waals surface area contributed by atoms with Gasteiger partial charge in [-0.1, -0.05) is 20.8 Å². The number of aryl methyl sites for hydroxylation is 2. The molecule has 0 aromatic carbocycles. The number of carbonyl (C=O) groups excluding carboxylic acids is 2. The maximum atomic E-state index is 14.2. The Balaban J connectivity index is 1.45. The number of pyridine rings is 2. The molecule has 0 fully saturated rings. The summed E-state index contributed by atoms with van der Waals surface area (Å²) < 4.78 is 9.31. The van der Waals surface area contributed by atoms with Gasteiger partial charge in [-0.2, -0.15) is 5.10 Å². The van der Waals surface area contributed by atoms with Crippen molar-refractivity contribution in [2.45, 2.75) is 66.7 Å². The number of nitrogens with zero attached hydrogens (tertiary/aromatic N) is 5. The monoisotopic (exact) mass is 569 g/mol. The van der Waals surface area contributed by atoms with Crippen LogP contribution in [0.2, 0.25) is 0 Å². The van der Waals surface area contributed by atoms with E-state index in [0.717, 1.165) is 40.9 Å². The first kappa shape index (κ1) is 27.5. The largest absolute Gasteiger partial charge is 0.439 e. The molecule has 2 N–H and O–H groups in total. The van der Waals surface area contributed by atoms with E-state index >= 15 is 0 Å². The quantitative estimate of drug-likeness (QED) is 0.332. The van der Waals surface area contributed by atoms with Crippen LogP contribution in [-0.4, -0.2) is 42.4 Å². The summed E-state index contributed by atoms with van der Waals surface area (Å²) in [7, 11) is 1.69. The first-order valence-electron chi connectivity index (χ1n) is 14.2. The van der Waals surface area contributed by atoms with Gasteiger partial charge in [0.05, 0.1) is 6.54 Å². The van der Waals surface area contributed by atoms with E-state index < -0.39 is 12.2 Å². The lowest BCUT2D eigenvalue weighted by Gasteiger charge is -2.37. The lowest BCUT2D eigenvalue weighted by atomic mass is 9.90. The van der Waals surface area contributed by atoms with Crippen molar-refractivity contribution < 1.29 is 14.3 Å². The summed E-state index contributed by atoms with van der Waals surface area (Å²) in [6.45, 7) is 10.0. The summed E-state index contributed by atoms with van der Waals surface area (Å²) in [5.74, 6) is 0.248. The molecule has 0 radical (unpaired) electrons. The molecule has 42 heavy (non-hydrogen) atoms. The summed E-state index contributed by atoms with van der Waals surface area (Å²) in [6, 6.07) is 7.46. The number of ether oxygens (including phenoxy) is 1. The Morgan fingerprint density at radius 2 is 2.00 bits per heavy atom. The molecule has 1 unspecified atom stereocenters. The molecule has 4 aromatic heterocycles. The van der Waals surface area contributed by atoms with Crippen LogP contribution in [0.1, 0.15) is 60.7 Å². The molecule has 1 atom stereocenters. The van der Waals surface area contributed by atoms with Crippen molar-refractivity contribution >= 4 is 29.2 Å². The number of carbonyl (C=O) groups is 2. The molecule has 11 nitrogen and oxygen atoms in total. The van der Waals surface area contributed by atoms with Gasteiger partial charge in [-0.3, -0.25) is 24.4 Å². The number of hydrogen-bond donors (Lipinski definition) is 2. The molecule has 0 saturated heterocycles. The van der Waals surface area contributed by atoms with Crippen LogP contribution in [0.3, 0.4) is 0 Å². The average Bonchev–Trinajstić information content (AvgIpc) is 3.57. The van der Waals surface area contributed by atoms with Crippen LogP contribution in [0.15, 0.2) is 41.5 Å². The molecule has 11 heteroatoms. The predicted molar refractivity (Wildman–Crippen MR) is 159 cm³/mol. The third kappa shape index (κ3) is 4.68. The molecule has 0 saturated carbocycles. The van der Waals surface area contributed by atoms with Crippen molar-refractivity contribution in [1.82, 2.24) is 24.3 Å². The topological polar surface area (TPSA) is 127 Å². The fourth-order valence-electron chi connectivity index (χ4n) is 6.31. The maximum absolute atomic E-state index is 14.2. The number of rotatable bonds is 6. The Kier molecular flexibility index (Phi) is 6.55. The van der Waals surface area contributed by atoms with E-state index in [4.69, 9.17) is 4.74 Å². The van der Waals surface area contributed by atoms with Crippen molar-refractivity contribution in [2.75, 3.05) is 10.2 Å². The van der Waals surface area contributed by atoms with Gasteiger partial charge in [0.15, 0.2) is 5.82 Å². The second kappa shape index (κ2) is 10.0. The summed E-state index contributed by atoms with van der Waals surface area (Å²) in [5, 5.41) is 10.2. The zero-order chi connectivity index (χ0) is 29.9. The Hall–Kier alpha value is -4.67. The molecule has 1 amide bonds. The minimum absolute atomic E-state index is 0.120. The fraction of sp³-hybridized carbons (Fsp3) is 0.387. The normalized spacial score (nSPS) is 17.2. The fourth-order valence-corrected chi connectivity index (χ4v) is 6.31. The van der Waals surface area contributed by atoms with E-state index in [9.17, 15) is 14.4 Å². The molecule has 2 aliphatic rings. The Morgan fingerprint density at radius 3 is 2.69 bits per heavy atom. The average molecular weight is 570 g/mol. The van der Waals surface area contributed by atoms with Gasteiger partial charge in [0.2, 0.25) is 6.23 Å². The molecule has 6 rings (SSSR count). The van der Waals surface area contributed by atoms with Gasteiger partial charge in [0, 0.05) is 54.9 Å². The van der Waals surface area contributed by atoms with E-state index in [2.05, 4.69) is 34.3 Å². The third-order valence-electron chi connectivity index (χ3n) is 8.06. The molecular formula is C31H35N7O4. The predicted octanol–water partition coefficient (Wildman–Crippen LogP) is 4.26. The van der Waals surface area contributed by atoms with Gasteiger partial charge in [-0.15, -0.1) is 0 Å². The van der Waals surface area contributed by atoms with E-state index in [1.165, 1.54) is 22.0 Å². The maximum Gasteiger partial charge on any atom is 0.304 e. The van der Waals surface area contributed by atoms with Gasteiger partial charge in [0.1, 0.15) is 17.2 Å². The third-order valence-corrected chi connectivity index (χ3v) is 8.06. The lowest BCUT2D eigenvalue weighted by Crippen LogP contribution is -2.51. The van der Waals surface area contributed by atoms with E-state index in [-0.39, 0.29) is 16.9 Å². The molecule has 1 aliphatic carbocycles. The zero-order valence-electron chi connectivity index (χ0n) is 24.7. The van der Waals surface area contributed by atoms with Crippen molar-refractivity contribution in [3.05, 3.63) is 75.2 Å². The van der Waals surface area contributed by atoms with Crippen molar-refractivity contribution in [3.63, 3.8) is 0 Å². The van der Waals surface area contributed by atoms with Crippen molar-refractivity contribution in [1.29, 1.82) is 0 Å². The molecule has 0 spiro atoms. The van der Waals surface area contributed by atoms with Crippen LogP contribution in [0.25, 0.3) is 11.1 Å². The van der Waals surface area contributed by atoms with E-state index in [0.29, 0.717) is 36.0 Å². The Bertz CT molecular complexity index is 1790. The smallest absolute Gasteiger partial charge is 0.304 e. The zero-order valence-corrected chi connectivity index (χ0v) is 24.7. The number of aromatic nitrogens is 5. The number of fused-ring (bicyclic) bond motifs is 3. The minimum Gasteiger partial charge on any atom is -0.439 e. The van der Waals surface area contributed by atoms with Crippen LogP contribution in [0, 0.1) is 12.3 Å². The van der Waals surface area contributed by atoms with Crippen LogP contribution in [0.4, 0.5) is 17.3 Å². The van der Waals surface area contributed by atoms with Crippen molar-refractivity contribution in [2.24, 2.45) is 12.5 Å². The number of nitrogens with one attached hydrogen (secondary N) is 2. The van der Waals surface area contributed by atoms with Gasteiger partial charge in [-0.05, 0) is 60.9 Å². The number of hydrogen-bond acceptors (Lipinski definition) is 7. The first-order chi connectivity index (χ1) is 20.0. The van der Waals surface area contributed by atoms with Gasteiger partial charge in [0.25, 0.3) is 11.5 Å². The Labute approximate surface area is 243 Å². The number of H-pyrrole nitrogens is 1. The molecule has 4 aromatic rings. The van der Waals surface area contributed by atoms with Gasteiger partial charge < -0.3 is 19.2 Å². The minimum atomic E-state index is -0.851. The summed E-state index contributed by atoms with van der Waals surface area (Å²) in [4.78, 5) is 45.6. The molecular weight excluding hydrogens is 534 g/mol. The van der Waals surface area contributed by atoms with Crippen LogP contribution >= 0.6 is 0 Å². The Morgan fingerprint density at radius 1 is 1.21 bits per heavy atom. The van der Waals surface area contributed by atoms with E-state index in [1.807, 2.05) is 36.6 Å². The number of anilines is 3.